The van der Waals surface area contributed by atoms with Crippen LogP contribution in [0.25, 0.3) is 0 Å². The Hall–Kier alpha value is -0.910. The highest BCUT2D eigenvalue weighted by Gasteiger charge is 2.63. The Morgan fingerprint density at radius 3 is 2.64 bits per heavy atom. The predicted octanol–water partition coefficient (Wildman–Crippen LogP) is 2.94. The van der Waals surface area contributed by atoms with Gasteiger partial charge in [0.25, 0.3) is 0 Å². The number of ether oxygens (including phenoxy) is 1. The van der Waals surface area contributed by atoms with Gasteiger partial charge in [-0.3, -0.25) is 4.79 Å². The maximum Gasteiger partial charge on any atom is 0.243 e. The van der Waals surface area contributed by atoms with E-state index in [9.17, 15) is 4.79 Å². The lowest BCUT2D eigenvalue weighted by atomic mass is 9.54. The Morgan fingerprint density at radius 2 is 2.09 bits per heavy atom. The summed E-state index contributed by atoms with van der Waals surface area (Å²) in [5.74, 6) is -0.0239. The first kappa shape index (κ1) is 17.4. The van der Waals surface area contributed by atoms with Crippen LogP contribution >= 0.6 is 15.9 Å². The number of nitrogens with zero attached hydrogens (tertiary/aromatic N) is 1. The lowest BCUT2D eigenvalue weighted by Crippen LogP contribution is -2.75. The average molecular weight is 369 g/mol. The lowest BCUT2D eigenvalue weighted by molar-refractivity contribution is -0.178. The number of hydrogen-bond acceptors (Lipinski definition) is 3. The van der Waals surface area contributed by atoms with Crippen molar-refractivity contribution in [2.24, 2.45) is 11.1 Å². The number of amides is 1. The van der Waals surface area contributed by atoms with Crippen molar-refractivity contribution < 1.29 is 9.53 Å². The van der Waals surface area contributed by atoms with E-state index in [-0.39, 0.29) is 17.4 Å². The summed E-state index contributed by atoms with van der Waals surface area (Å²) < 4.78 is 6.70. The van der Waals surface area contributed by atoms with E-state index in [0.29, 0.717) is 19.6 Å². The molecule has 122 valence electrons. The summed E-state index contributed by atoms with van der Waals surface area (Å²) in [4.78, 5) is 14.6. The molecular formula is C17H25BrN2O2. The molecule has 0 spiro atoms. The molecule has 1 amide bonds. The highest BCUT2D eigenvalue weighted by molar-refractivity contribution is 9.10. The second-order valence-corrected chi connectivity index (χ2v) is 7.45. The molecule has 1 saturated carbocycles. The van der Waals surface area contributed by atoms with Crippen molar-refractivity contribution in [1.29, 1.82) is 0 Å². The van der Waals surface area contributed by atoms with Gasteiger partial charge in [-0.15, -0.1) is 0 Å². The van der Waals surface area contributed by atoms with Crippen LogP contribution in [0.3, 0.4) is 0 Å². The molecule has 0 saturated heterocycles. The van der Waals surface area contributed by atoms with Crippen LogP contribution in [0.15, 0.2) is 28.7 Å². The van der Waals surface area contributed by atoms with Crippen LogP contribution in [-0.2, 0) is 16.1 Å². The van der Waals surface area contributed by atoms with Gasteiger partial charge < -0.3 is 15.4 Å². The van der Waals surface area contributed by atoms with E-state index in [1.54, 1.807) is 11.9 Å². The van der Waals surface area contributed by atoms with Crippen LogP contribution in [-0.4, -0.2) is 36.1 Å². The minimum Gasteiger partial charge on any atom is -0.378 e. The highest BCUT2D eigenvalue weighted by Crippen LogP contribution is 2.50. The quantitative estimate of drug-likeness (QED) is 0.868. The molecule has 1 aliphatic carbocycles. The number of carbonyl (C=O) groups excluding carboxylic acids is 1. The molecule has 22 heavy (non-hydrogen) atoms. The van der Waals surface area contributed by atoms with Crippen LogP contribution in [0.5, 0.6) is 0 Å². The zero-order chi connectivity index (χ0) is 16.5. The van der Waals surface area contributed by atoms with Crippen LogP contribution in [0.2, 0.25) is 0 Å². The fraction of sp³-hybridized carbons (Fsp3) is 0.588. The first-order chi connectivity index (χ1) is 10.2. The third-order valence-electron chi connectivity index (χ3n) is 4.92. The third-order valence-corrected chi connectivity index (χ3v) is 5.70. The van der Waals surface area contributed by atoms with E-state index in [4.69, 9.17) is 10.5 Å². The summed E-state index contributed by atoms with van der Waals surface area (Å²) in [5.41, 5.74) is 6.31. The molecule has 2 rings (SSSR count). The van der Waals surface area contributed by atoms with Crippen molar-refractivity contribution in [2.75, 3.05) is 13.7 Å². The van der Waals surface area contributed by atoms with E-state index >= 15 is 0 Å². The van der Waals surface area contributed by atoms with Crippen LogP contribution < -0.4 is 5.73 Å². The number of rotatable bonds is 5. The molecule has 2 N–H and O–H groups in total. The number of carbonyl (C=O) groups is 1. The van der Waals surface area contributed by atoms with E-state index in [2.05, 4.69) is 15.9 Å². The number of halogens is 1. The van der Waals surface area contributed by atoms with E-state index < -0.39 is 5.54 Å². The molecule has 0 bridgehead atoms. The van der Waals surface area contributed by atoms with Gasteiger partial charge in [-0.2, -0.15) is 0 Å². The molecular weight excluding hydrogens is 344 g/mol. The van der Waals surface area contributed by atoms with Crippen molar-refractivity contribution in [2.45, 2.75) is 45.4 Å². The smallest absolute Gasteiger partial charge is 0.243 e. The van der Waals surface area contributed by atoms with Gasteiger partial charge in [-0.05, 0) is 18.6 Å². The summed E-state index contributed by atoms with van der Waals surface area (Å²) in [7, 11) is 1.81. The third kappa shape index (κ3) is 2.82. The van der Waals surface area contributed by atoms with Gasteiger partial charge in [0.1, 0.15) is 5.54 Å². The minimum atomic E-state index is -0.858. The molecule has 2 unspecified atom stereocenters. The monoisotopic (exact) mass is 368 g/mol. The molecule has 1 fully saturated rings. The largest absolute Gasteiger partial charge is 0.378 e. The molecule has 4 nitrogen and oxygen atoms in total. The Bertz CT molecular complexity index is 561. The molecule has 0 radical (unpaired) electrons. The van der Waals surface area contributed by atoms with E-state index in [0.717, 1.165) is 10.0 Å². The Labute approximate surface area is 141 Å². The number of hydrogen-bond donors (Lipinski definition) is 1. The van der Waals surface area contributed by atoms with Gasteiger partial charge >= 0.3 is 0 Å². The number of nitrogens with two attached hydrogens (primary N) is 1. The molecule has 0 aromatic heterocycles. The maximum absolute atomic E-state index is 12.9. The van der Waals surface area contributed by atoms with Gasteiger partial charge in [-0.25, -0.2) is 0 Å². The second-order valence-electron chi connectivity index (χ2n) is 6.59. The van der Waals surface area contributed by atoms with Gasteiger partial charge in [-0.1, -0.05) is 48.0 Å². The first-order valence-electron chi connectivity index (χ1n) is 7.63. The van der Waals surface area contributed by atoms with E-state index in [1.165, 1.54) is 0 Å². The van der Waals surface area contributed by atoms with Crippen molar-refractivity contribution in [1.82, 2.24) is 4.90 Å². The Kier molecular flexibility index (Phi) is 5.00. The average Bonchev–Trinajstić information content (AvgIpc) is 2.48. The minimum absolute atomic E-state index is 0.0239. The zero-order valence-electron chi connectivity index (χ0n) is 13.7. The number of benzene rings is 1. The van der Waals surface area contributed by atoms with Gasteiger partial charge in [0.2, 0.25) is 5.91 Å². The fourth-order valence-electron chi connectivity index (χ4n) is 3.09. The Morgan fingerprint density at radius 1 is 1.45 bits per heavy atom. The summed E-state index contributed by atoms with van der Waals surface area (Å²) in [5, 5.41) is 0. The fourth-order valence-corrected chi connectivity index (χ4v) is 3.50. The predicted molar refractivity (Wildman–Crippen MR) is 91.3 cm³/mol. The van der Waals surface area contributed by atoms with Crippen molar-refractivity contribution in [3.05, 3.63) is 34.3 Å². The van der Waals surface area contributed by atoms with Crippen molar-refractivity contribution in [3.63, 3.8) is 0 Å². The van der Waals surface area contributed by atoms with Crippen molar-refractivity contribution >= 4 is 21.8 Å². The number of likely N-dealkylation sites (N-methyl/N-ethyl adjacent to an activating group) is 1. The Balaban J connectivity index is 2.10. The normalized spacial score (nSPS) is 26.4. The first-order valence-corrected chi connectivity index (χ1v) is 8.42. The maximum atomic E-state index is 12.9. The molecule has 2 atom stereocenters. The summed E-state index contributed by atoms with van der Waals surface area (Å²) >= 11 is 3.52. The van der Waals surface area contributed by atoms with Gasteiger partial charge in [0.15, 0.2) is 0 Å². The molecule has 0 aliphatic heterocycles. The zero-order valence-corrected chi connectivity index (χ0v) is 15.3. The SMILES string of the molecule is CCOC1CC(N)(C(=O)N(C)Cc2ccccc2Br)C1(C)C. The van der Waals surface area contributed by atoms with E-state index in [1.807, 2.05) is 45.0 Å². The van der Waals surface area contributed by atoms with Crippen molar-refractivity contribution in [3.8, 4) is 0 Å². The summed E-state index contributed by atoms with van der Waals surface area (Å²) in [6, 6.07) is 7.91. The standard InChI is InChI=1S/C17H25BrN2O2/c1-5-22-14-10-17(19,16(14,2)3)15(21)20(4)11-12-8-6-7-9-13(12)18/h6-9,14H,5,10-11,19H2,1-4H3. The molecule has 1 aliphatic rings. The highest BCUT2D eigenvalue weighted by atomic mass is 79.9. The van der Waals surface area contributed by atoms with Crippen LogP contribution in [0, 0.1) is 5.41 Å². The molecule has 5 heteroatoms. The summed E-state index contributed by atoms with van der Waals surface area (Å²) in [6.45, 7) is 7.18. The second kappa shape index (κ2) is 6.30. The van der Waals surface area contributed by atoms with Crippen LogP contribution in [0.1, 0.15) is 32.8 Å². The summed E-state index contributed by atoms with van der Waals surface area (Å²) in [6.07, 6.45) is 0.621. The lowest BCUT2D eigenvalue weighted by Gasteiger charge is -2.58. The van der Waals surface area contributed by atoms with Crippen LogP contribution in [0.4, 0.5) is 0 Å². The van der Waals surface area contributed by atoms with Gasteiger partial charge in [0.05, 0.1) is 6.10 Å². The van der Waals surface area contributed by atoms with Gasteiger partial charge in [0, 0.05) is 36.5 Å². The topological polar surface area (TPSA) is 55.6 Å². The molecule has 1 aromatic rings. The molecule has 0 heterocycles. The molecule has 1 aromatic carbocycles.